The molecule has 0 atom stereocenters. The largest absolute Gasteiger partial charge is 0.497 e. The van der Waals surface area contributed by atoms with E-state index in [1.807, 2.05) is 6.07 Å². The molecule has 0 fully saturated rings. The normalized spacial score (nSPS) is 13.5. The second-order valence-corrected chi connectivity index (χ2v) is 3.71. The van der Waals surface area contributed by atoms with Crippen LogP contribution in [-0.2, 0) is 6.42 Å². The number of hydrogen-bond acceptors (Lipinski definition) is 2. The van der Waals surface area contributed by atoms with Crippen molar-refractivity contribution in [2.45, 2.75) is 6.42 Å². The fraction of sp³-hybridized carbons (Fsp3) is 0.333. The minimum absolute atomic E-state index is 0.929. The number of nitrogens with zero attached hydrogens (tertiary/aromatic N) is 1. The molecule has 1 aliphatic carbocycles. The predicted molar refractivity (Wildman–Crippen MR) is 58.4 cm³/mol. The van der Waals surface area contributed by atoms with E-state index in [4.69, 9.17) is 4.74 Å². The topological polar surface area (TPSA) is 12.5 Å². The molecule has 0 aliphatic heterocycles. The third kappa shape index (κ3) is 1.37. The van der Waals surface area contributed by atoms with E-state index in [1.165, 1.54) is 16.8 Å². The summed E-state index contributed by atoms with van der Waals surface area (Å²) >= 11 is 0. The summed E-state index contributed by atoms with van der Waals surface area (Å²) in [5.74, 6) is 0.929. The smallest absolute Gasteiger partial charge is 0.119 e. The van der Waals surface area contributed by atoms with Crippen molar-refractivity contribution in [3.8, 4) is 5.75 Å². The fourth-order valence-corrected chi connectivity index (χ4v) is 1.84. The highest BCUT2D eigenvalue weighted by atomic mass is 16.5. The molecule has 0 saturated carbocycles. The van der Waals surface area contributed by atoms with Crippen LogP contribution in [-0.4, -0.2) is 26.1 Å². The lowest BCUT2D eigenvalue weighted by atomic mass is 10.1. The Morgan fingerprint density at radius 2 is 2.07 bits per heavy atom. The molecule has 14 heavy (non-hydrogen) atoms. The number of allylic oxidation sites excluding steroid dienone is 1. The van der Waals surface area contributed by atoms with Crippen molar-refractivity contribution in [3.63, 3.8) is 0 Å². The Hall–Kier alpha value is -1.44. The third-order valence-electron chi connectivity index (χ3n) is 2.59. The van der Waals surface area contributed by atoms with Crippen molar-refractivity contribution in [3.05, 3.63) is 35.4 Å². The van der Waals surface area contributed by atoms with Crippen LogP contribution >= 0.6 is 0 Å². The molecule has 0 N–H and O–H groups in total. The van der Waals surface area contributed by atoms with Gasteiger partial charge in [0.15, 0.2) is 0 Å². The molecule has 0 radical (unpaired) electrons. The Bertz CT molecular complexity index is 380. The van der Waals surface area contributed by atoms with E-state index in [0.29, 0.717) is 0 Å². The molecule has 2 rings (SSSR count). The highest BCUT2D eigenvalue weighted by Crippen LogP contribution is 2.31. The summed E-state index contributed by atoms with van der Waals surface area (Å²) in [5.41, 5.74) is 3.97. The molecule has 1 aliphatic rings. The molecule has 74 valence electrons. The van der Waals surface area contributed by atoms with E-state index in [1.54, 1.807) is 7.11 Å². The van der Waals surface area contributed by atoms with Gasteiger partial charge in [0.2, 0.25) is 0 Å². The molecule has 2 nitrogen and oxygen atoms in total. The van der Waals surface area contributed by atoms with Crippen molar-refractivity contribution < 1.29 is 4.74 Å². The zero-order valence-electron chi connectivity index (χ0n) is 8.87. The van der Waals surface area contributed by atoms with Gasteiger partial charge in [-0.05, 0) is 24.1 Å². The van der Waals surface area contributed by atoms with Crippen LogP contribution in [0.3, 0.4) is 0 Å². The Kier molecular flexibility index (Phi) is 2.20. The standard InChI is InChI=1S/C12H15NO/c1-13(2)12-7-5-9-4-6-10(14-3)8-11(9)12/h4,6-8H,5H2,1-3H3. The fourth-order valence-electron chi connectivity index (χ4n) is 1.84. The van der Waals surface area contributed by atoms with Crippen LogP contribution in [0.4, 0.5) is 0 Å². The maximum atomic E-state index is 5.22. The van der Waals surface area contributed by atoms with Crippen molar-refractivity contribution in [2.75, 3.05) is 21.2 Å². The van der Waals surface area contributed by atoms with E-state index in [2.05, 4.69) is 37.2 Å². The van der Waals surface area contributed by atoms with Crippen molar-refractivity contribution in [1.82, 2.24) is 4.90 Å². The number of hydrogen-bond donors (Lipinski definition) is 0. The molecular weight excluding hydrogens is 174 g/mol. The van der Waals surface area contributed by atoms with Gasteiger partial charge in [-0.15, -0.1) is 0 Å². The van der Waals surface area contributed by atoms with Crippen LogP contribution in [0.25, 0.3) is 5.70 Å². The zero-order chi connectivity index (χ0) is 10.1. The molecule has 0 spiro atoms. The number of ether oxygens (including phenoxy) is 1. The van der Waals surface area contributed by atoms with Gasteiger partial charge in [0.1, 0.15) is 5.75 Å². The van der Waals surface area contributed by atoms with Gasteiger partial charge in [-0.3, -0.25) is 0 Å². The maximum Gasteiger partial charge on any atom is 0.119 e. The first kappa shape index (κ1) is 9.13. The molecule has 0 heterocycles. The van der Waals surface area contributed by atoms with Gasteiger partial charge in [-0.1, -0.05) is 12.1 Å². The van der Waals surface area contributed by atoms with Gasteiger partial charge in [0.05, 0.1) is 7.11 Å². The van der Waals surface area contributed by atoms with Gasteiger partial charge in [-0.2, -0.15) is 0 Å². The molecule has 0 aromatic heterocycles. The van der Waals surface area contributed by atoms with E-state index < -0.39 is 0 Å². The molecule has 1 aromatic carbocycles. The number of rotatable bonds is 2. The monoisotopic (exact) mass is 189 g/mol. The number of benzene rings is 1. The van der Waals surface area contributed by atoms with Crippen LogP contribution in [0, 0.1) is 0 Å². The first-order valence-electron chi connectivity index (χ1n) is 4.77. The predicted octanol–water partition coefficient (Wildman–Crippen LogP) is 2.15. The Balaban J connectivity index is 2.43. The Labute approximate surface area is 84.8 Å². The summed E-state index contributed by atoms with van der Waals surface area (Å²) < 4.78 is 5.22. The second kappa shape index (κ2) is 3.37. The summed E-state index contributed by atoms with van der Waals surface area (Å²) in [6.45, 7) is 0. The molecule has 0 amide bonds. The van der Waals surface area contributed by atoms with Crippen LogP contribution in [0.1, 0.15) is 11.1 Å². The van der Waals surface area contributed by atoms with Crippen LogP contribution < -0.4 is 4.74 Å². The molecular formula is C12H15NO. The first-order valence-corrected chi connectivity index (χ1v) is 4.77. The van der Waals surface area contributed by atoms with E-state index in [-0.39, 0.29) is 0 Å². The van der Waals surface area contributed by atoms with E-state index in [9.17, 15) is 0 Å². The summed E-state index contributed by atoms with van der Waals surface area (Å²) in [5, 5.41) is 0. The minimum Gasteiger partial charge on any atom is -0.497 e. The molecule has 2 heteroatoms. The summed E-state index contributed by atoms with van der Waals surface area (Å²) in [7, 11) is 5.84. The minimum atomic E-state index is 0.929. The second-order valence-electron chi connectivity index (χ2n) is 3.71. The van der Waals surface area contributed by atoms with Gasteiger partial charge >= 0.3 is 0 Å². The number of methoxy groups -OCH3 is 1. The third-order valence-corrected chi connectivity index (χ3v) is 2.59. The SMILES string of the molecule is COc1ccc2c(c1)C(N(C)C)=CC2. The van der Waals surface area contributed by atoms with Crippen molar-refractivity contribution >= 4 is 5.70 Å². The number of fused-ring (bicyclic) bond motifs is 1. The molecule has 0 bridgehead atoms. The quantitative estimate of drug-likeness (QED) is 0.707. The average molecular weight is 189 g/mol. The highest BCUT2D eigenvalue weighted by Gasteiger charge is 2.15. The lowest BCUT2D eigenvalue weighted by molar-refractivity contribution is 0.414. The summed E-state index contributed by atoms with van der Waals surface area (Å²) in [6, 6.07) is 6.26. The van der Waals surface area contributed by atoms with E-state index in [0.717, 1.165) is 12.2 Å². The van der Waals surface area contributed by atoms with Crippen LogP contribution in [0.5, 0.6) is 5.75 Å². The molecule has 0 saturated heterocycles. The molecule has 0 unspecified atom stereocenters. The van der Waals surface area contributed by atoms with Gasteiger partial charge < -0.3 is 9.64 Å². The maximum absolute atomic E-state index is 5.22. The van der Waals surface area contributed by atoms with Gasteiger partial charge in [0, 0.05) is 25.4 Å². The van der Waals surface area contributed by atoms with E-state index >= 15 is 0 Å². The Morgan fingerprint density at radius 1 is 1.29 bits per heavy atom. The average Bonchev–Trinajstić information content (AvgIpc) is 2.59. The first-order chi connectivity index (χ1) is 6.72. The van der Waals surface area contributed by atoms with Gasteiger partial charge in [-0.25, -0.2) is 0 Å². The Morgan fingerprint density at radius 3 is 2.71 bits per heavy atom. The van der Waals surface area contributed by atoms with Crippen LogP contribution in [0.2, 0.25) is 0 Å². The van der Waals surface area contributed by atoms with Crippen LogP contribution in [0.15, 0.2) is 24.3 Å². The van der Waals surface area contributed by atoms with Crippen molar-refractivity contribution in [2.24, 2.45) is 0 Å². The summed E-state index contributed by atoms with van der Waals surface area (Å²) in [6.07, 6.45) is 3.29. The lowest BCUT2D eigenvalue weighted by Gasteiger charge is -2.15. The van der Waals surface area contributed by atoms with Gasteiger partial charge in [0.25, 0.3) is 0 Å². The lowest BCUT2D eigenvalue weighted by Crippen LogP contribution is -2.08. The zero-order valence-corrected chi connectivity index (χ0v) is 8.87. The highest BCUT2D eigenvalue weighted by molar-refractivity contribution is 5.72. The van der Waals surface area contributed by atoms with Crippen molar-refractivity contribution in [1.29, 1.82) is 0 Å². The summed E-state index contributed by atoms with van der Waals surface area (Å²) in [4.78, 5) is 2.14. The molecule has 1 aromatic rings.